The van der Waals surface area contributed by atoms with Crippen molar-refractivity contribution in [2.75, 3.05) is 6.54 Å². The average Bonchev–Trinajstić information content (AvgIpc) is 2.50. The van der Waals surface area contributed by atoms with Crippen LogP contribution >= 0.6 is 12.4 Å². The Bertz CT molecular complexity index is 681. The summed E-state index contributed by atoms with van der Waals surface area (Å²) in [7, 11) is 0. The fourth-order valence-corrected chi connectivity index (χ4v) is 2.11. The number of carbonyl (C=O) groups is 1. The van der Waals surface area contributed by atoms with E-state index in [1.165, 1.54) is 5.56 Å². The summed E-state index contributed by atoms with van der Waals surface area (Å²) in [4.78, 5) is 12.1. The highest BCUT2D eigenvalue weighted by atomic mass is 35.5. The van der Waals surface area contributed by atoms with Gasteiger partial charge in [0.05, 0.1) is 0 Å². The molecule has 1 amide bonds. The van der Waals surface area contributed by atoms with Gasteiger partial charge in [0.1, 0.15) is 12.4 Å². The molecule has 0 atom stereocenters. The van der Waals surface area contributed by atoms with Crippen molar-refractivity contribution in [3.05, 3.63) is 65.2 Å². The van der Waals surface area contributed by atoms with E-state index in [0.29, 0.717) is 24.5 Å². The van der Waals surface area contributed by atoms with E-state index in [0.717, 1.165) is 5.56 Å². The summed E-state index contributed by atoms with van der Waals surface area (Å²) in [6.45, 7) is 6.68. The summed E-state index contributed by atoms with van der Waals surface area (Å²) in [6.07, 6.45) is 0. The maximum atomic E-state index is 12.1. The highest BCUT2D eigenvalue weighted by Gasteiger charge is 2.13. The number of nitrogens with one attached hydrogen (secondary N) is 1. The van der Waals surface area contributed by atoms with E-state index in [2.05, 4.69) is 11.4 Å². The molecule has 0 aromatic heterocycles. The SMILES string of the molecule is Cc1cccc(COc2cccc(C(=O)NCC(C)(C)N)c2)c1.Cl. The second-order valence-corrected chi connectivity index (χ2v) is 6.48. The molecule has 0 aliphatic rings. The van der Waals surface area contributed by atoms with Crippen molar-refractivity contribution in [3.63, 3.8) is 0 Å². The van der Waals surface area contributed by atoms with Crippen molar-refractivity contribution in [2.45, 2.75) is 32.9 Å². The summed E-state index contributed by atoms with van der Waals surface area (Å²) < 4.78 is 5.78. The van der Waals surface area contributed by atoms with E-state index >= 15 is 0 Å². The van der Waals surface area contributed by atoms with Gasteiger partial charge < -0.3 is 15.8 Å². The van der Waals surface area contributed by atoms with Crippen LogP contribution < -0.4 is 15.8 Å². The lowest BCUT2D eigenvalue weighted by Gasteiger charge is -2.19. The third kappa shape index (κ3) is 6.60. The number of rotatable bonds is 6. The Morgan fingerprint density at radius 3 is 2.54 bits per heavy atom. The highest BCUT2D eigenvalue weighted by Crippen LogP contribution is 2.16. The zero-order valence-electron chi connectivity index (χ0n) is 14.3. The number of aryl methyl sites for hydroxylation is 1. The molecule has 4 nitrogen and oxygen atoms in total. The van der Waals surface area contributed by atoms with Gasteiger partial charge >= 0.3 is 0 Å². The second kappa shape index (κ2) is 8.71. The maximum Gasteiger partial charge on any atom is 0.251 e. The normalized spacial score (nSPS) is 10.7. The molecule has 24 heavy (non-hydrogen) atoms. The van der Waals surface area contributed by atoms with Gasteiger partial charge in [-0.3, -0.25) is 4.79 Å². The molecule has 3 N–H and O–H groups in total. The van der Waals surface area contributed by atoms with Crippen molar-refractivity contribution in [2.24, 2.45) is 5.73 Å². The molecule has 0 radical (unpaired) electrons. The zero-order chi connectivity index (χ0) is 16.9. The van der Waals surface area contributed by atoms with Crippen molar-refractivity contribution in [1.82, 2.24) is 5.32 Å². The Morgan fingerprint density at radius 1 is 1.17 bits per heavy atom. The van der Waals surface area contributed by atoms with Crippen LogP contribution in [-0.2, 0) is 6.61 Å². The standard InChI is InChI=1S/C19H24N2O2.ClH/c1-14-6-4-7-15(10-14)12-23-17-9-5-8-16(11-17)18(22)21-13-19(2,3)20;/h4-11H,12-13,20H2,1-3H3,(H,21,22);1H. The van der Waals surface area contributed by atoms with E-state index in [1.807, 2.05) is 51.1 Å². The molecule has 0 spiro atoms. The molecular formula is C19H25ClN2O2. The number of ether oxygens (including phenoxy) is 1. The number of halogens is 1. The molecule has 2 aromatic rings. The Labute approximate surface area is 149 Å². The van der Waals surface area contributed by atoms with Gasteiger partial charge in [-0.2, -0.15) is 0 Å². The van der Waals surface area contributed by atoms with Gasteiger partial charge in [0.15, 0.2) is 0 Å². The molecule has 0 unspecified atom stereocenters. The number of carbonyl (C=O) groups excluding carboxylic acids is 1. The van der Waals surface area contributed by atoms with Crippen molar-refractivity contribution < 1.29 is 9.53 Å². The maximum absolute atomic E-state index is 12.1. The lowest BCUT2D eigenvalue weighted by Crippen LogP contribution is -2.45. The number of nitrogens with two attached hydrogens (primary N) is 1. The van der Waals surface area contributed by atoms with E-state index in [1.54, 1.807) is 12.1 Å². The molecule has 0 aliphatic carbocycles. The van der Waals surface area contributed by atoms with Gasteiger partial charge in [0, 0.05) is 17.6 Å². The first kappa shape index (κ1) is 20.0. The predicted octanol–water partition coefficient (Wildman–Crippen LogP) is 3.46. The van der Waals surface area contributed by atoms with Gasteiger partial charge in [-0.05, 0) is 44.5 Å². The lowest BCUT2D eigenvalue weighted by atomic mass is 10.1. The summed E-state index contributed by atoms with van der Waals surface area (Å²) in [5.41, 5.74) is 8.31. The number of hydrogen-bond donors (Lipinski definition) is 2. The Kier molecular flexibility index (Phi) is 7.26. The molecule has 0 fully saturated rings. The van der Waals surface area contributed by atoms with E-state index < -0.39 is 5.54 Å². The summed E-state index contributed by atoms with van der Waals surface area (Å²) in [5, 5.41) is 2.83. The number of benzene rings is 2. The lowest BCUT2D eigenvalue weighted by molar-refractivity contribution is 0.0945. The van der Waals surface area contributed by atoms with Gasteiger partial charge in [-0.15, -0.1) is 12.4 Å². The number of hydrogen-bond acceptors (Lipinski definition) is 3. The largest absolute Gasteiger partial charge is 0.489 e. The monoisotopic (exact) mass is 348 g/mol. The molecule has 0 aliphatic heterocycles. The van der Waals surface area contributed by atoms with Crippen LogP contribution in [-0.4, -0.2) is 18.0 Å². The molecule has 130 valence electrons. The van der Waals surface area contributed by atoms with Crippen LogP contribution in [0.4, 0.5) is 0 Å². The van der Waals surface area contributed by atoms with Gasteiger partial charge in [-0.25, -0.2) is 0 Å². The molecule has 0 heterocycles. The fraction of sp³-hybridized carbons (Fsp3) is 0.316. The minimum atomic E-state index is -0.436. The third-order valence-electron chi connectivity index (χ3n) is 3.29. The molecular weight excluding hydrogens is 324 g/mol. The van der Waals surface area contributed by atoms with Crippen LogP contribution in [0.1, 0.15) is 35.3 Å². The summed E-state index contributed by atoms with van der Waals surface area (Å²) in [5.74, 6) is 0.524. The van der Waals surface area contributed by atoms with Gasteiger partial charge in [-0.1, -0.05) is 35.9 Å². The fourth-order valence-electron chi connectivity index (χ4n) is 2.11. The molecule has 0 bridgehead atoms. The van der Waals surface area contributed by atoms with Gasteiger partial charge in [0.25, 0.3) is 5.91 Å². The average molecular weight is 349 g/mol. The first-order valence-corrected chi connectivity index (χ1v) is 7.69. The van der Waals surface area contributed by atoms with E-state index in [4.69, 9.17) is 10.5 Å². The van der Waals surface area contributed by atoms with Crippen LogP contribution in [0.15, 0.2) is 48.5 Å². The minimum absolute atomic E-state index is 0. The Hall–Kier alpha value is -2.04. The van der Waals surface area contributed by atoms with E-state index in [-0.39, 0.29) is 18.3 Å². The molecule has 5 heteroatoms. The molecule has 2 rings (SSSR count). The first-order chi connectivity index (χ1) is 10.8. The quantitative estimate of drug-likeness (QED) is 0.840. The van der Waals surface area contributed by atoms with Gasteiger partial charge in [0.2, 0.25) is 0 Å². The van der Waals surface area contributed by atoms with Crippen LogP contribution in [0.5, 0.6) is 5.75 Å². The van der Waals surface area contributed by atoms with Crippen molar-refractivity contribution in [1.29, 1.82) is 0 Å². The third-order valence-corrected chi connectivity index (χ3v) is 3.29. The molecule has 0 saturated heterocycles. The Morgan fingerprint density at radius 2 is 1.88 bits per heavy atom. The zero-order valence-corrected chi connectivity index (χ0v) is 15.2. The van der Waals surface area contributed by atoms with Crippen LogP contribution in [0.3, 0.4) is 0 Å². The van der Waals surface area contributed by atoms with Crippen LogP contribution in [0.25, 0.3) is 0 Å². The second-order valence-electron chi connectivity index (χ2n) is 6.48. The van der Waals surface area contributed by atoms with E-state index in [9.17, 15) is 4.79 Å². The van der Waals surface area contributed by atoms with Crippen LogP contribution in [0, 0.1) is 6.92 Å². The first-order valence-electron chi connectivity index (χ1n) is 7.69. The minimum Gasteiger partial charge on any atom is -0.489 e. The van der Waals surface area contributed by atoms with Crippen molar-refractivity contribution >= 4 is 18.3 Å². The Balaban J connectivity index is 0.00000288. The molecule has 2 aromatic carbocycles. The molecule has 0 saturated carbocycles. The predicted molar refractivity (Wildman–Crippen MR) is 99.8 cm³/mol. The van der Waals surface area contributed by atoms with Crippen molar-refractivity contribution in [3.8, 4) is 5.75 Å². The summed E-state index contributed by atoms with van der Waals surface area (Å²) >= 11 is 0. The smallest absolute Gasteiger partial charge is 0.251 e. The topological polar surface area (TPSA) is 64.3 Å². The highest BCUT2D eigenvalue weighted by molar-refractivity contribution is 5.94. The summed E-state index contributed by atoms with van der Waals surface area (Å²) in [6, 6.07) is 15.3. The number of amides is 1. The van der Waals surface area contributed by atoms with Crippen LogP contribution in [0.2, 0.25) is 0 Å².